The average molecular weight is 509 g/mol. The standard InChI is InChI=1S/C27H22Cl2N2O4/c1-16(27(33)34)31-24(19-6-10-21(28)11-7-19)25(20-8-12-22(29)13-9-20)35-23(26(31)32)14-17-2-4-18(15-30)5-3-17/h2-13,16,23-25H,14H2,1H3,(H,33,34)/t16-,23-,24+,25-/m1/s1. The van der Waals surface area contributed by atoms with Crippen molar-refractivity contribution in [3.63, 3.8) is 0 Å². The summed E-state index contributed by atoms with van der Waals surface area (Å²) in [5, 5.41) is 20.0. The lowest BCUT2D eigenvalue weighted by Gasteiger charge is -2.46. The van der Waals surface area contributed by atoms with E-state index < -0.39 is 36.2 Å². The van der Waals surface area contributed by atoms with Crippen LogP contribution in [0.15, 0.2) is 72.8 Å². The molecule has 1 heterocycles. The third-order valence-electron chi connectivity index (χ3n) is 6.12. The fourth-order valence-corrected chi connectivity index (χ4v) is 4.54. The zero-order valence-electron chi connectivity index (χ0n) is 18.8. The van der Waals surface area contributed by atoms with Gasteiger partial charge in [-0.15, -0.1) is 0 Å². The highest BCUT2D eigenvalue weighted by molar-refractivity contribution is 6.30. The number of hydrogen-bond donors (Lipinski definition) is 1. The molecule has 35 heavy (non-hydrogen) atoms. The van der Waals surface area contributed by atoms with Crippen LogP contribution in [-0.4, -0.2) is 34.0 Å². The van der Waals surface area contributed by atoms with E-state index in [1.54, 1.807) is 60.7 Å². The molecule has 1 fully saturated rings. The van der Waals surface area contributed by atoms with Crippen molar-refractivity contribution in [1.82, 2.24) is 4.90 Å². The molecule has 0 aliphatic carbocycles. The van der Waals surface area contributed by atoms with Gasteiger partial charge in [0.05, 0.1) is 17.7 Å². The number of nitrogens with zero attached hydrogens (tertiary/aromatic N) is 2. The van der Waals surface area contributed by atoms with Crippen LogP contribution in [0.5, 0.6) is 0 Å². The summed E-state index contributed by atoms with van der Waals surface area (Å²) in [6, 6.07) is 21.2. The van der Waals surface area contributed by atoms with Crippen LogP contribution in [0.2, 0.25) is 10.0 Å². The number of aliphatic carboxylic acids is 1. The van der Waals surface area contributed by atoms with Gasteiger partial charge in [-0.3, -0.25) is 4.79 Å². The number of carbonyl (C=O) groups excluding carboxylic acids is 1. The molecule has 1 aliphatic rings. The Morgan fingerprint density at radius 2 is 1.54 bits per heavy atom. The maximum Gasteiger partial charge on any atom is 0.326 e. The summed E-state index contributed by atoms with van der Waals surface area (Å²) in [5.74, 6) is -1.54. The molecule has 0 saturated carbocycles. The molecular formula is C27H22Cl2N2O4. The lowest BCUT2D eigenvalue weighted by Crippen LogP contribution is -2.56. The molecule has 3 aromatic carbocycles. The van der Waals surface area contributed by atoms with E-state index in [2.05, 4.69) is 6.07 Å². The summed E-state index contributed by atoms with van der Waals surface area (Å²) in [6.45, 7) is 1.49. The van der Waals surface area contributed by atoms with Gasteiger partial charge in [-0.25, -0.2) is 4.79 Å². The van der Waals surface area contributed by atoms with E-state index in [0.717, 1.165) is 11.1 Å². The van der Waals surface area contributed by atoms with Gasteiger partial charge in [0, 0.05) is 16.5 Å². The molecule has 4 atom stereocenters. The fourth-order valence-electron chi connectivity index (χ4n) is 4.28. The number of hydrogen-bond acceptors (Lipinski definition) is 4. The lowest BCUT2D eigenvalue weighted by atomic mass is 9.89. The zero-order chi connectivity index (χ0) is 25.1. The number of benzene rings is 3. The fraction of sp³-hybridized carbons (Fsp3) is 0.222. The van der Waals surface area contributed by atoms with Gasteiger partial charge in [-0.2, -0.15) is 5.26 Å². The van der Waals surface area contributed by atoms with Gasteiger partial charge >= 0.3 is 5.97 Å². The molecule has 3 aromatic rings. The molecule has 4 rings (SSSR count). The van der Waals surface area contributed by atoms with Crippen molar-refractivity contribution in [2.45, 2.75) is 37.6 Å². The largest absolute Gasteiger partial charge is 0.480 e. The smallest absolute Gasteiger partial charge is 0.326 e. The molecular weight excluding hydrogens is 487 g/mol. The topological polar surface area (TPSA) is 90.6 Å². The predicted molar refractivity (Wildman–Crippen MR) is 132 cm³/mol. The maximum atomic E-state index is 13.7. The Kier molecular flexibility index (Phi) is 7.42. The third-order valence-corrected chi connectivity index (χ3v) is 6.62. The number of carbonyl (C=O) groups is 2. The molecule has 0 spiro atoms. The number of ether oxygens (including phenoxy) is 1. The van der Waals surface area contributed by atoms with Crippen LogP contribution < -0.4 is 0 Å². The first-order valence-corrected chi connectivity index (χ1v) is 11.7. The van der Waals surface area contributed by atoms with Crippen molar-refractivity contribution in [1.29, 1.82) is 5.26 Å². The number of carboxylic acid groups (broad SMARTS) is 1. The van der Waals surface area contributed by atoms with Crippen molar-refractivity contribution >= 4 is 35.1 Å². The molecule has 1 aliphatic heterocycles. The first kappa shape index (κ1) is 24.7. The van der Waals surface area contributed by atoms with E-state index in [1.165, 1.54) is 11.8 Å². The Labute approximate surface area is 213 Å². The average Bonchev–Trinajstić information content (AvgIpc) is 2.86. The minimum Gasteiger partial charge on any atom is -0.480 e. The van der Waals surface area contributed by atoms with Gasteiger partial charge < -0.3 is 14.7 Å². The Morgan fingerprint density at radius 3 is 2.06 bits per heavy atom. The quantitative estimate of drug-likeness (QED) is 0.468. The molecule has 1 N–H and O–H groups in total. The minimum atomic E-state index is -1.12. The summed E-state index contributed by atoms with van der Waals surface area (Å²) in [7, 11) is 0. The first-order chi connectivity index (χ1) is 16.8. The zero-order valence-corrected chi connectivity index (χ0v) is 20.3. The number of halogens is 2. The van der Waals surface area contributed by atoms with Crippen molar-refractivity contribution in [2.24, 2.45) is 0 Å². The predicted octanol–water partition coefficient (Wildman–Crippen LogP) is 5.59. The SMILES string of the molecule is C[C@H](C(=O)O)N1C(=O)[C@@H](Cc2ccc(C#N)cc2)O[C@H](c2ccc(Cl)cc2)[C@@H]1c1ccc(Cl)cc1. The summed E-state index contributed by atoms with van der Waals surface area (Å²) in [4.78, 5) is 27.2. The monoisotopic (exact) mass is 508 g/mol. The van der Waals surface area contributed by atoms with Crippen LogP contribution in [0.1, 0.15) is 41.3 Å². The number of amides is 1. The Bertz CT molecular complexity index is 1250. The van der Waals surface area contributed by atoms with Crippen LogP contribution in [0, 0.1) is 11.3 Å². The first-order valence-electron chi connectivity index (χ1n) is 11.0. The van der Waals surface area contributed by atoms with Crippen LogP contribution in [0.25, 0.3) is 0 Å². The second-order valence-corrected chi connectivity index (χ2v) is 9.24. The number of nitriles is 1. The van der Waals surface area contributed by atoms with Crippen LogP contribution in [-0.2, 0) is 20.7 Å². The van der Waals surface area contributed by atoms with Crippen LogP contribution >= 0.6 is 23.2 Å². The molecule has 0 aromatic heterocycles. The van der Waals surface area contributed by atoms with Crippen molar-refractivity contribution in [3.8, 4) is 6.07 Å². The molecule has 0 unspecified atom stereocenters. The van der Waals surface area contributed by atoms with Gasteiger partial charge in [0.15, 0.2) is 0 Å². The summed E-state index contributed by atoms with van der Waals surface area (Å²) >= 11 is 12.2. The Hall–Kier alpha value is -3.37. The van der Waals surface area contributed by atoms with E-state index in [9.17, 15) is 14.7 Å². The maximum absolute atomic E-state index is 13.7. The lowest BCUT2D eigenvalue weighted by molar-refractivity contribution is -0.183. The third kappa shape index (κ3) is 5.33. The highest BCUT2D eigenvalue weighted by Gasteiger charge is 2.47. The van der Waals surface area contributed by atoms with Crippen LogP contribution in [0.3, 0.4) is 0 Å². The van der Waals surface area contributed by atoms with Crippen molar-refractivity contribution < 1.29 is 19.4 Å². The second kappa shape index (κ2) is 10.5. The summed E-state index contributed by atoms with van der Waals surface area (Å²) in [6.07, 6.45) is -1.35. The molecule has 0 radical (unpaired) electrons. The minimum absolute atomic E-state index is 0.227. The molecule has 6 nitrogen and oxygen atoms in total. The van der Waals surface area contributed by atoms with E-state index in [4.69, 9.17) is 33.2 Å². The van der Waals surface area contributed by atoms with Gasteiger partial charge in [0.1, 0.15) is 18.2 Å². The number of rotatable bonds is 6. The number of carboxylic acids is 1. The Morgan fingerprint density at radius 1 is 1.00 bits per heavy atom. The molecule has 178 valence electrons. The molecule has 8 heteroatoms. The summed E-state index contributed by atoms with van der Waals surface area (Å²) in [5.41, 5.74) is 2.76. The number of morpholine rings is 1. The molecule has 0 bridgehead atoms. The van der Waals surface area contributed by atoms with Crippen molar-refractivity contribution in [3.05, 3.63) is 105 Å². The van der Waals surface area contributed by atoms with E-state index in [1.807, 2.05) is 12.1 Å². The normalized spacial score (nSPS) is 20.8. The van der Waals surface area contributed by atoms with Crippen molar-refractivity contribution in [2.75, 3.05) is 0 Å². The highest BCUT2D eigenvalue weighted by atomic mass is 35.5. The van der Waals surface area contributed by atoms with Gasteiger partial charge in [-0.1, -0.05) is 59.6 Å². The summed E-state index contributed by atoms with van der Waals surface area (Å²) < 4.78 is 6.42. The van der Waals surface area contributed by atoms with Gasteiger partial charge in [0.2, 0.25) is 0 Å². The van der Waals surface area contributed by atoms with E-state index >= 15 is 0 Å². The van der Waals surface area contributed by atoms with E-state index in [0.29, 0.717) is 21.2 Å². The second-order valence-electron chi connectivity index (χ2n) is 8.37. The van der Waals surface area contributed by atoms with Gasteiger partial charge in [0.25, 0.3) is 5.91 Å². The highest BCUT2D eigenvalue weighted by Crippen LogP contribution is 2.44. The molecule has 1 amide bonds. The van der Waals surface area contributed by atoms with Gasteiger partial charge in [-0.05, 0) is 60.0 Å². The molecule has 1 saturated heterocycles. The Balaban J connectivity index is 1.80. The van der Waals surface area contributed by atoms with Crippen LogP contribution in [0.4, 0.5) is 0 Å². The van der Waals surface area contributed by atoms with E-state index in [-0.39, 0.29) is 6.42 Å².